The maximum Gasteiger partial charge on any atom is 0.169 e. The molecule has 20 heavy (non-hydrogen) atoms. The number of hydrogen-bond donors (Lipinski definition) is 1. The quantitative estimate of drug-likeness (QED) is 0.577. The van der Waals surface area contributed by atoms with Gasteiger partial charge in [0.05, 0.1) is 6.04 Å². The first-order valence-electron chi connectivity index (χ1n) is 6.34. The average molecular weight is 395 g/mol. The highest BCUT2D eigenvalue weighted by molar-refractivity contribution is 9.10. The van der Waals surface area contributed by atoms with Crippen molar-refractivity contribution in [2.24, 2.45) is 0 Å². The maximum absolute atomic E-state index is 5.60. The first-order chi connectivity index (χ1) is 9.65. The molecule has 1 aromatic heterocycles. The SMILES string of the molecule is CC(Nc1ccc(Br)c2ccccc12)c1ccc(Br)o1. The fourth-order valence-electron chi connectivity index (χ4n) is 2.25. The number of fused-ring (bicyclic) bond motifs is 1. The van der Waals surface area contributed by atoms with Crippen molar-refractivity contribution < 1.29 is 4.42 Å². The molecule has 3 aromatic rings. The number of benzene rings is 2. The lowest BCUT2D eigenvalue weighted by Crippen LogP contribution is -2.05. The van der Waals surface area contributed by atoms with Gasteiger partial charge in [-0.2, -0.15) is 0 Å². The van der Waals surface area contributed by atoms with Crippen LogP contribution in [0.3, 0.4) is 0 Å². The van der Waals surface area contributed by atoms with Gasteiger partial charge in [0.1, 0.15) is 5.76 Å². The Morgan fingerprint density at radius 2 is 1.70 bits per heavy atom. The first-order valence-corrected chi connectivity index (χ1v) is 7.93. The van der Waals surface area contributed by atoms with Crippen LogP contribution in [0.5, 0.6) is 0 Å². The van der Waals surface area contributed by atoms with Crippen LogP contribution in [-0.2, 0) is 0 Å². The minimum Gasteiger partial charge on any atom is -0.452 e. The molecular formula is C16H13Br2NO. The standard InChI is InChI=1S/C16H13Br2NO/c1-10(15-8-9-16(18)20-15)19-14-7-6-13(17)11-4-2-3-5-12(11)14/h2-10,19H,1H3. The highest BCUT2D eigenvalue weighted by Gasteiger charge is 2.11. The molecule has 1 N–H and O–H groups in total. The van der Waals surface area contributed by atoms with E-state index in [4.69, 9.17) is 4.42 Å². The topological polar surface area (TPSA) is 25.2 Å². The Hall–Kier alpha value is -1.26. The van der Waals surface area contributed by atoms with Gasteiger partial charge in [0.15, 0.2) is 4.67 Å². The molecule has 1 unspecified atom stereocenters. The average Bonchev–Trinajstić information content (AvgIpc) is 2.89. The molecule has 4 heteroatoms. The second kappa shape index (κ2) is 5.62. The van der Waals surface area contributed by atoms with Crippen LogP contribution in [0.1, 0.15) is 18.7 Å². The van der Waals surface area contributed by atoms with Crippen LogP contribution < -0.4 is 5.32 Å². The van der Waals surface area contributed by atoms with Crippen LogP contribution in [0, 0.1) is 0 Å². The van der Waals surface area contributed by atoms with E-state index in [-0.39, 0.29) is 6.04 Å². The Bertz CT molecular complexity index is 751. The van der Waals surface area contributed by atoms with Gasteiger partial charge in [-0.1, -0.05) is 40.2 Å². The lowest BCUT2D eigenvalue weighted by molar-refractivity contribution is 0.471. The molecule has 0 bridgehead atoms. The van der Waals surface area contributed by atoms with E-state index in [2.05, 4.69) is 68.4 Å². The zero-order valence-corrected chi connectivity index (χ0v) is 14.0. The van der Waals surface area contributed by atoms with Gasteiger partial charge in [-0.25, -0.2) is 0 Å². The lowest BCUT2D eigenvalue weighted by Gasteiger charge is -2.15. The van der Waals surface area contributed by atoms with Crippen molar-refractivity contribution >= 4 is 48.3 Å². The van der Waals surface area contributed by atoms with E-state index in [0.717, 1.165) is 20.6 Å². The molecule has 1 heterocycles. The first kappa shape index (κ1) is 13.7. The molecule has 0 aliphatic carbocycles. The molecule has 0 spiro atoms. The molecule has 0 fully saturated rings. The van der Waals surface area contributed by atoms with E-state index in [1.54, 1.807) is 0 Å². The Morgan fingerprint density at radius 1 is 0.950 bits per heavy atom. The van der Waals surface area contributed by atoms with Crippen LogP contribution in [-0.4, -0.2) is 0 Å². The predicted octanol–water partition coefficient (Wildman–Crippen LogP) is 6.13. The van der Waals surface area contributed by atoms with Crippen molar-refractivity contribution in [1.82, 2.24) is 0 Å². The zero-order valence-electron chi connectivity index (χ0n) is 10.9. The Morgan fingerprint density at radius 3 is 2.40 bits per heavy atom. The minimum absolute atomic E-state index is 0.103. The summed E-state index contributed by atoms with van der Waals surface area (Å²) < 4.78 is 7.45. The normalized spacial score (nSPS) is 12.6. The van der Waals surface area contributed by atoms with Crippen molar-refractivity contribution in [3.8, 4) is 0 Å². The highest BCUT2D eigenvalue weighted by atomic mass is 79.9. The largest absolute Gasteiger partial charge is 0.452 e. The molecule has 0 radical (unpaired) electrons. The van der Waals surface area contributed by atoms with Gasteiger partial charge < -0.3 is 9.73 Å². The molecule has 0 aliphatic heterocycles. The van der Waals surface area contributed by atoms with Gasteiger partial charge in [-0.3, -0.25) is 0 Å². The number of halogens is 2. The van der Waals surface area contributed by atoms with Crippen molar-refractivity contribution in [3.63, 3.8) is 0 Å². The van der Waals surface area contributed by atoms with E-state index in [1.807, 2.05) is 24.3 Å². The lowest BCUT2D eigenvalue weighted by atomic mass is 10.1. The van der Waals surface area contributed by atoms with Crippen LogP contribution in [0.2, 0.25) is 0 Å². The molecular weight excluding hydrogens is 382 g/mol. The smallest absolute Gasteiger partial charge is 0.169 e. The molecule has 1 atom stereocenters. The van der Waals surface area contributed by atoms with Gasteiger partial charge in [0.2, 0.25) is 0 Å². The van der Waals surface area contributed by atoms with Gasteiger partial charge in [-0.05, 0) is 52.5 Å². The maximum atomic E-state index is 5.60. The molecule has 2 nitrogen and oxygen atoms in total. The summed E-state index contributed by atoms with van der Waals surface area (Å²) in [6.45, 7) is 2.09. The van der Waals surface area contributed by atoms with Crippen LogP contribution in [0.25, 0.3) is 10.8 Å². The summed E-state index contributed by atoms with van der Waals surface area (Å²) in [4.78, 5) is 0. The molecule has 2 aromatic carbocycles. The monoisotopic (exact) mass is 393 g/mol. The van der Waals surface area contributed by atoms with Crippen molar-refractivity contribution in [2.45, 2.75) is 13.0 Å². The third-order valence-corrected chi connectivity index (χ3v) is 4.38. The molecule has 3 rings (SSSR count). The van der Waals surface area contributed by atoms with E-state index < -0.39 is 0 Å². The van der Waals surface area contributed by atoms with Crippen LogP contribution in [0.4, 0.5) is 5.69 Å². The molecule has 0 amide bonds. The number of rotatable bonds is 3. The summed E-state index contributed by atoms with van der Waals surface area (Å²) in [5, 5.41) is 5.90. The van der Waals surface area contributed by atoms with Crippen molar-refractivity contribution in [2.75, 3.05) is 5.32 Å². The molecule has 0 saturated heterocycles. The Balaban J connectivity index is 1.97. The van der Waals surface area contributed by atoms with Gasteiger partial charge >= 0.3 is 0 Å². The summed E-state index contributed by atoms with van der Waals surface area (Å²) in [6.07, 6.45) is 0. The van der Waals surface area contributed by atoms with E-state index in [0.29, 0.717) is 0 Å². The van der Waals surface area contributed by atoms with Gasteiger partial charge in [0.25, 0.3) is 0 Å². The Kier molecular flexibility index (Phi) is 3.85. The van der Waals surface area contributed by atoms with Gasteiger partial charge in [0, 0.05) is 15.5 Å². The fourth-order valence-corrected chi connectivity index (χ4v) is 3.05. The van der Waals surface area contributed by atoms with Crippen molar-refractivity contribution in [3.05, 3.63) is 63.4 Å². The third kappa shape index (κ3) is 2.63. The summed E-state index contributed by atoms with van der Waals surface area (Å²) in [5.74, 6) is 0.906. The predicted molar refractivity (Wildman–Crippen MR) is 90.1 cm³/mol. The highest BCUT2D eigenvalue weighted by Crippen LogP contribution is 2.32. The second-order valence-corrected chi connectivity index (χ2v) is 6.28. The molecule has 0 saturated carbocycles. The number of furan rings is 1. The number of hydrogen-bond acceptors (Lipinski definition) is 2. The summed E-state index contributed by atoms with van der Waals surface area (Å²) in [6, 6.07) is 16.5. The molecule has 0 aliphatic rings. The van der Waals surface area contributed by atoms with Gasteiger partial charge in [-0.15, -0.1) is 0 Å². The fraction of sp³-hybridized carbons (Fsp3) is 0.125. The summed E-state index contributed by atoms with van der Waals surface area (Å²) in [7, 11) is 0. The van der Waals surface area contributed by atoms with E-state index >= 15 is 0 Å². The Labute approximate surface area is 134 Å². The molecule has 102 valence electrons. The zero-order chi connectivity index (χ0) is 14.1. The second-order valence-electron chi connectivity index (χ2n) is 4.65. The van der Waals surface area contributed by atoms with Crippen LogP contribution >= 0.6 is 31.9 Å². The minimum atomic E-state index is 0.103. The van der Waals surface area contributed by atoms with Crippen LogP contribution in [0.15, 0.2) is 62.1 Å². The van der Waals surface area contributed by atoms with Crippen molar-refractivity contribution in [1.29, 1.82) is 0 Å². The number of anilines is 1. The third-order valence-electron chi connectivity index (χ3n) is 3.26. The van der Waals surface area contributed by atoms with E-state index in [1.165, 1.54) is 10.8 Å². The van der Waals surface area contributed by atoms with E-state index in [9.17, 15) is 0 Å². The summed E-state index contributed by atoms with van der Waals surface area (Å²) in [5.41, 5.74) is 1.10. The number of nitrogens with one attached hydrogen (secondary N) is 1. The summed E-state index contributed by atoms with van der Waals surface area (Å²) >= 11 is 6.93.